The van der Waals surface area contributed by atoms with E-state index >= 15 is 0 Å². The lowest BCUT2D eigenvalue weighted by atomic mass is 10.0. The van der Waals surface area contributed by atoms with Gasteiger partial charge in [0.15, 0.2) is 5.78 Å². The number of carbonyl (C=O) groups excluding carboxylic acids is 3. The Kier molecular flexibility index (Phi) is 5.66. The first-order valence-corrected chi connectivity index (χ1v) is 9.80. The lowest BCUT2D eigenvalue weighted by Crippen LogP contribution is -2.37. The second-order valence-corrected chi connectivity index (χ2v) is 7.15. The van der Waals surface area contributed by atoms with Crippen LogP contribution in [0, 0.1) is 0 Å². The molecule has 1 aliphatic heterocycles. The summed E-state index contributed by atoms with van der Waals surface area (Å²) in [5.74, 6) is 0.0325. The predicted molar refractivity (Wildman–Crippen MR) is 114 cm³/mol. The van der Waals surface area contributed by atoms with Crippen LogP contribution in [0.25, 0.3) is 0 Å². The van der Waals surface area contributed by atoms with Crippen molar-refractivity contribution in [3.8, 4) is 17.2 Å². The molecule has 0 aliphatic carbocycles. The second kappa shape index (κ2) is 8.71. The first-order chi connectivity index (χ1) is 15.0. The molecule has 1 atom stereocenters. The number of phenolic OH excluding ortho intramolecular Hbond substituents is 1. The first-order valence-electron chi connectivity index (χ1n) is 9.80. The third kappa shape index (κ3) is 4.72. The van der Waals surface area contributed by atoms with E-state index in [1.807, 2.05) is 6.07 Å². The lowest BCUT2D eigenvalue weighted by molar-refractivity contribution is -0.122. The number of carbonyl (C=O) groups is 3. The Bertz CT molecular complexity index is 1130. The topological polar surface area (TPSA) is 105 Å². The van der Waals surface area contributed by atoms with Crippen molar-refractivity contribution in [2.24, 2.45) is 0 Å². The molecule has 31 heavy (non-hydrogen) atoms. The largest absolute Gasteiger partial charge is 0.507 e. The van der Waals surface area contributed by atoms with Gasteiger partial charge in [0.2, 0.25) is 11.8 Å². The van der Waals surface area contributed by atoms with Crippen molar-refractivity contribution in [3.63, 3.8) is 0 Å². The normalized spacial score (nSPS) is 15.2. The molecule has 3 aromatic rings. The molecule has 1 fully saturated rings. The highest BCUT2D eigenvalue weighted by molar-refractivity contribution is 6.10. The Morgan fingerprint density at radius 3 is 2.32 bits per heavy atom. The molecule has 4 rings (SSSR count). The van der Waals surface area contributed by atoms with Crippen molar-refractivity contribution in [3.05, 3.63) is 83.9 Å². The summed E-state index contributed by atoms with van der Waals surface area (Å²) in [4.78, 5) is 35.9. The van der Waals surface area contributed by atoms with Crippen LogP contribution in [-0.4, -0.2) is 28.7 Å². The molecule has 0 aromatic heterocycles. The van der Waals surface area contributed by atoms with Gasteiger partial charge in [-0.25, -0.2) is 0 Å². The summed E-state index contributed by atoms with van der Waals surface area (Å²) in [6.07, 6.45) is 0.839. The van der Waals surface area contributed by atoms with Crippen molar-refractivity contribution in [1.29, 1.82) is 0 Å². The van der Waals surface area contributed by atoms with Crippen LogP contribution in [0.2, 0.25) is 0 Å². The summed E-state index contributed by atoms with van der Waals surface area (Å²) in [5.41, 5.74) is 1.25. The van der Waals surface area contributed by atoms with Crippen LogP contribution < -0.4 is 15.4 Å². The third-order valence-corrected chi connectivity index (χ3v) is 4.92. The summed E-state index contributed by atoms with van der Waals surface area (Å²) in [6, 6.07) is 19.4. The maximum absolute atomic E-state index is 12.5. The SMILES string of the molecule is O=C1CCC(C(=O)Nc2ccc(Oc3ccc(C(=O)c4ccccc4)c(O)c3)cc2)N1. The summed E-state index contributed by atoms with van der Waals surface area (Å²) in [6.45, 7) is 0. The lowest BCUT2D eigenvalue weighted by Gasteiger charge is -2.12. The van der Waals surface area contributed by atoms with Gasteiger partial charge in [-0.3, -0.25) is 14.4 Å². The molecule has 2 amide bonds. The molecule has 1 heterocycles. The summed E-state index contributed by atoms with van der Waals surface area (Å²) < 4.78 is 5.73. The molecule has 7 heteroatoms. The van der Waals surface area contributed by atoms with Gasteiger partial charge >= 0.3 is 0 Å². The average molecular weight is 416 g/mol. The van der Waals surface area contributed by atoms with Crippen LogP contribution >= 0.6 is 0 Å². The van der Waals surface area contributed by atoms with Crippen LogP contribution in [0.4, 0.5) is 5.69 Å². The number of hydrogen-bond acceptors (Lipinski definition) is 5. The highest BCUT2D eigenvalue weighted by atomic mass is 16.5. The Hall–Kier alpha value is -4.13. The van der Waals surface area contributed by atoms with E-state index in [1.54, 1.807) is 54.6 Å². The van der Waals surface area contributed by atoms with Crippen LogP contribution in [0.3, 0.4) is 0 Å². The van der Waals surface area contributed by atoms with Crippen molar-refractivity contribution in [2.45, 2.75) is 18.9 Å². The molecule has 3 N–H and O–H groups in total. The molecule has 7 nitrogen and oxygen atoms in total. The zero-order valence-corrected chi connectivity index (χ0v) is 16.5. The maximum atomic E-state index is 12.5. The molecule has 0 radical (unpaired) electrons. The Morgan fingerprint density at radius 1 is 0.968 bits per heavy atom. The summed E-state index contributed by atoms with van der Waals surface area (Å²) >= 11 is 0. The van der Waals surface area contributed by atoms with Crippen LogP contribution in [0.5, 0.6) is 17.2 Å². The van der Waals surface area contributed by atoms with Gasteiger partial charge in [0, 0.05) is 23.7 Å². The molecule has 0 bridgehead atoms. The fraction of sp³-hybridized carbons (Fsp3) is 0.125. The molecule has 1 unspecified atom stereocenters. The van der Waals surface area contributed by atoms with E-state index in [0.717, 1.165) is 0 Å². The van der Waals surface area contributed by atoms with Crippen LogP contribution in [-0.2, 0) is 9.59 Å². The molecule has 1 aliphatic rings. The number of rotatable bonds is 6. The van der Waals surface area contributed by atoms with E-state index in [4.69, 9.17) is 4.74 Å². The summed E-state index contributed by atoms with van der Waals surface area (Å²) in [7, 11) is 0. The van der Waals surface area contributed by atoms with E-state index in [0.29, 0.717) is 35.6 Å². The van der Waals surface area contributed by atoms with Gasteiger partial charge in [-0.2, -0.15) is 0 Å². The predicted octanol–water partition coefficient (Wildman–Crippen LogP) is 3.63. The molecule has 1 saturated heterocycles. The van der Waals surface area contributed by atoms with Gasteiger partial charge < -0.3 is 20.5 Å². The van der Waals surface area contributed by atoms with Crippen molar-refractivity contribution in [2.75, 3.05) is 5.32 Å². The highest BCUT2D eigenvalue weighted by Crippen LogP contribution is 2.29. The Morgan fingerprint density at radius 2 is 1.68 bits per heavy atom. The first kappa shape index (κ1) is 20.2. The van der Waals surface area contributed by atoms with Crippen molar-refractivity contribution >= 4 is 23.3 Å². The van der Waals surface area contributed by atoms with E-state index < -0.39 is 6.04 Å². The number of ether oxygens (including phenoxy) is 1. The smallest absolute Gasteiger partial charge is 0.246 e. The number of nitrogens with one attached hydrogen (secondary N) is 2. The van der Waals surface area contributed by atoms with Gasteiger partial charge in [0.1, 0.15) is 23.3 Å². The van der Waals surface area contributed by atoms with E-state index in [9.17, 15) is 19.5 Å². The minimum absolute atomic E-state index is 0.122. The second-order valence-electron chi connectivity index (χ2n) is 7.15. The van der Waals surface area contributed by atoms with Crippen LogP contribution in [0.1, 0.15) is 28.8 Å². The van der Waals surface area contributed by atoms with Gasteiger partial charge in [0.25, 0.3) is 0 Å². The number of phenols is 1. The van der Waals surface area contributed by atoms with E-state index in [1.165, 1.54) is 12.1 Å². The van der Waals surface area contributed by atoms with Crippen molar-refractivity contribution in [1.82, 2.24) is 5.32 Å². The number of hydrogen-bond donors (Lipinski definition) is 3. The minimum Gasteiger partial charge on any atom is -0.507 e. The quantitative estimate of drug-likeness (QED) is 0.532. The fourth-order valence-corrected chi connectivity index (χ4v) is 3.29. The zero-order chi connectivity index (χ0) is 21.8. The van der Waals surface area contributed by atoms with Crippen molar-refractivity contribution < 1.29 is 24.2 Å². The van der Waals surface area contributed by atoms with Crippen LogP contribution in [0.15, 0.2) is 72.8 Å². The summed E-state index contributed by atoms with van der Waals surface area (Å²) in [5, 5.41) is 15.7. The molecule has 156 valence electrons. The number of amides is 2. The number of aromatic hydroxyl groups is 1. The fourth-order valence-electron chi connectivity index (χ4n) is 3.29. The minimum atomic E-state index is -0.511. The van der Waals surface area contributed by atoms with Gasteiger partial charge in [-0.05, 0) is 42.8 Å². The average Bonchev–Trinajstić information content (AvgIpc) is 3.22. The molecular weight excluding hydrogens is 396 g/mol. The monoisotopic (exact) mass is 416 g/mol. The molecule has 3 aromatic carbocycles. The highest BCUT2D eigenvalue weighted by Gasteiger charge is 2.27. The number of anilines is 1. The van der Waals surface area contributed by atoms with Gasteiger partial charge in [-0.1, -0.05) is 30.3 Å². The standard InChI is InChI=1S/C24H20N2O5/c27-21-14-18(10-11-19(21)23(29)15-4-2-1-3-5-15)31-17-8-6-16(7-9-17)25-24(30)20-12-13-22(28)26-20/h1-11,14,20,27H,12-13H2,(H,25,30)(H,26,28). The Balaban J connectivity index is 1.40. The number of benzene rings is 3. The third-order valence-electron chi connectivity index (χ3n) is 4.92. The van der Waals surface area contributed by atoms with Gasteiger partial charge in [-0.15, -0.1) is 0 Å². The van der Waals surface area contributed by atoms with E-state index in [2.05, 4.69) is 10.6 Å². The van der Waals surface area contributed by atoms with E-state index in [-0.39, 0.29) is 28.9 Å². The maximum Gasteiger partial charge on any atom is 0.246 e. The molecule has 0 saturated carbocycles. The molecular formula is C24H20N2O5. The Labute approximate surface area is 178 Å². The number of ketones is 1. The zero-order valence-electron chi connectivity index (χ0n) is 16.5. The van der Waals surface area contributed by atoms with Gasteiger partial charge in [0.05, 0.1) is 5.56 Å². The molecule has 0 spiro atoms.